The Kier molecular flexibility index (Phi) is 4.35. The largest absolute Gasteiger partial charge is 0.385 e. The van der Waals surface area contributed by atoms with Gasteiger partial charge in [0.25, 0.3) is 0 Å². The van der Waals surface area contributed by atoms with Crippen molar-refractivity contribution in [1.82, 2.24) is 0 Å². The summed E-state index contributed by atoms with van der Waals surface area (Å²) in [5.41, 5.74) is 1.83. The summed E-state index contributed by atoms with van der Waals surface area (Å²) in [6, 6.07) is 8.59. The highest BCUT2D eigenvalue weighted by Gasteiger charge is 2.43. The molecule has 0 aliphatic heterocycles. The van der Waals surface area contributed by atoms with Crippen LogP contribution in [0, 0.1) is 17.8 Å². The minimum atomic E-state index is -0.628. The fourth-order valence-electron chi connectivity index (χ4n) is 3.76. The quantitative estimate of drug-likeness (QED) is 0.846. The smallest absolute Gasteiger partial charge is 0.0929 e. The van der Waals surface area contributed by atoms with Gasteiger partial charge in [0.05, 0.1) is 5.60 Å². The zero-order chi connectivity index (χ0) is 14.0. The highest BCUT2D eigenvalue weighted by atomic mass is 16.3. The summed E-state index contributed by atoms with van der Waals surface area (Å²) in [7, 11) is 0. The number of hydrogen-bond donors (Lipinski definition) is 1. The van der Waals surface area contributed by atoms with Crippen LogP contribution in [0.1, 0.15) is 58.1 Å². The van der Waals surface area contributed by atoms with Crippen LogP contribution in [0.5, 0.6) is 0 Å². The fourth-order valence-corrected chi connectivity index (χ4v) is 3.76. The molecule has 1 aromatic carbocycles. The van der Waals surface area contributed by atoms with E-state index in [-0.39, 0.29) is 0 Å². The van der Waals surface area contributed by atoms with E-state index in [1.54, 1.807) is 0 Å². The summed E-state index contributed by atoms with van der Waals surface area (Å²) >= 11 is 0. The molecule has 0 radical (unpaired) electrons. The molecule has 1 aliphatic rings. The van der Waals surface area contributed by atoms with Gasteiger partial charge in [0.1, 0.15) is 0 Å². The van der Waals surface area contributed by atoms with Gasteiger partial charge >= 0.3 is 0 Å². The summed E-state index contributed by atoms with van der Waals surface area (Å²) in [5.74, 6) is 1.53. The fraction of sp³-hybridized carbons (Fsp3) is 0.667. The lowest BCUT2D eigenvalue weighted by Gasteiger charge is -2.45. The van der Waals surface area contributed by atoms with Gasteiger partial charge in [0, 0.05) is 0 Å². The second-order valence-corrected chi connectivity index (χ2v) is 6.72. The van der Waals surface area contributed by atoms with Crippen LogP contribution in [0.15, 0.2) is 24.3 Å². The van der Waals surface area contributed by atoms with Crippen LogP contribution in [-0.2, 0) is 12.0 Å². The van der Waals surface area contributed by atoms with Crippen molar-refractivity contribution >= 4 is 0 Å². The molecule has 0 bridgehead atoms. The summed E-state index contributed by atoms with van der Waals surface area (Å²) in [6.45, 7) is 8.93. The van der Waals surface area contributed by atoms with Gasteiger partial charge in [-0.1, -0.05) is 58.4 Å². The van der Waals surface area contributed by atoms with E-state index in [1.807, 2.05) is 0 Å². The normalized spacial score (nSPS) is 31.7. The minimum Gasteiger partial charge on any atom is -0.385 e. The molecule has 1 aliphatic carbocycles. The molecule has 0 saturated heterocycles. The van der Waals surface area contributed by atoms with E-state index in [4.69, 9.17) is 0 Å². The van der Waals surface area contributed by atoms with Crippen molar-refractivity contribution in [3.05, 3.63) is 35.4 Å². The Morgan fingerprint density at radius 2 is 2.05 bits per heavy atom. The molecule has 3 unspecified atom stereocenters. The minimum absolute atomic E-state index is 0.385. The van der Waals surface area contributed by atoms with Crippen LogP contribution < -0.4 is 0 Å². The van der Waals surface area contributed by atoms with Gasteiger partial charge in [0.2, 0.25) is 0 Å². The van der Waals surface area contributed by atoms with E-state index >= 15 is 0 Å². The van der Waals surface area contributed by atoms with E-state index in [1.165, 1.54) is 12.0 Å². The maximum atomic E-state index is 11.4. The predicted octanol–water partition coefficient (Wildman–Crippen LogP) is 4.53. The molecule has 19 heavy (non-hydrogen) atoms. The third-order valence-electron chi connectivity index (χ3n) is 4.88. The van der Waals surface area contributed by atoms with Gasteiger partial charge in [-0.05, 0) is 48.1 Å². The summed E-state index contributed by atoms with van der Waals surface area (Å²) in [4.78, 5) is 0. The molecular weight excluding hydrogens is 232 g/mol. The molecule has 0 spiro atoms. The number of aliphatic hydroxyl groups is 1. The average molecular weight is 260 g/mol. The van der Waals surface area contributed by atoms with Gasteiger partial charge in [-0.3, -0.25) is 0 Å². The molecule has 1 fully saturated rings. The van der Waals surface area contributed by atoms with Gasteiger partial charge in [-0.25, -0.2) is 0 Å². The lowest BCUT2D eigenvalue weighted by molar-refractivity contribution is -0.0866. The zero-order valence-corrected chi connectivity index (χ0v) is 12.8. The van der Waals surface area contributed by atoms with Crippen molar-refractivity contribution in [1.29, 1.82) is 0 Å². The molecule has 1 heteroatoms. The molecule has 1 nitrogen and oxygen atoms in total. The van der Waals surface area contributed by atoms with Crippen LogP contribution in [0.25, 0.3) is 0 Å². The third-order valence-corrected chi connectivity index (χ3v) is 4.88. The Hall–Kier alpha value is -0.820. The van der Waals surface area contributed by atoms with Gasteiger partial charge in [0.15, 0.2) is 0 Å². The Labute approximate surface area is 118 Å². The molecule has 3 atom stereocenters. The van der Waals surface area contributed by atoms with Gasteiger partial charge in [-0.15, -0.1) is 0 Å². The van der Waals surface area contributed by atoms with E-state index in [9.17, 15) is 5.11 Å². The summed E-state index contributed by atoms with van der Waals surface area (Å²) in [5, 5.41) is 11.4. The second-order valence-electron chi connectivity index (χ2n) is 6.72. The first-order valence-corrected chi connectivity index (χ1v) is 7.79. The number of aryl methyl sites for hydroxylation is 1. The maximum absolute atomic E-state index is 11.4. The predicted molar refractivity (Wildman–Crippen MR) is 81.1 cm³/mol. The molecule has 2 rings (SSSR count). The van der Waals surface area contributed by atoms with Crippen molar-refractivity contribution < 1.29 is 5.11 Å². The standard InChI is InChI=1S/C18H28O/c1-5-15-7-6-8-16(11-15)18(19)12-14(4)9-10-17(18)13(2)3/h6-8,11,13-14,17,19H,5,9-10,12H2,1-4H3. The van der Waals surface area contributed by atoms with Gasteiger partial charge < -0.3 is 5.11 Å². The average Bonchev–Trinajstić information content (AvgIpc) is 2.38. The monoisotopic (exact) mass is 260 g/mol. The van der Waals surface area contributed by atoms with Crippen LogP contribution >= 0.6 is 0 Å². The summed E-state index contributed by atoms with van der Waals surface area (Å²) in [6.07, 6.45) is 4.33. The molecule has 0 heterocycles. The Morgan fingerprint density at radius 1 is 1.32 bits per heavy atom. The van der Waals surface area contributed by atoms with Crippen molar-refractivity contribution in [2.45, 2.75) is 59.0 Å². The highest BCUT2D eigenvalue weighted by molar-refractivity contribution is 5.29. The Morgan fingerprint density at radius 3 is 2.68 bits per heavy atom. The third kappa shape index (κ3) is 2.86. The lowest BCUT2D eigenvalue weighted by atomic mass is 9.64. The first kappa shape index (κ1) is 14.6. The zero-order valence-electron chi connectivity index (χ0n) is 12.8. The van der Waals surface area contributed by atoms with Crippen LogP contribution in [0.4, 0.5) is 0 Å². The van der Waals surface area contributed by atoms with Crippen molar-refractivity contribution in [2.24, 2.45) is 17.8 Å². The SMILES string of the molecule is CCc1cccc(C2(O)CC(C)CCC2C(C)C)c1. The Balaban J connectivity index is 2.39. The van der Waals surface area contributed by atoms with Crippen LogP contribution in [0.2, 0.25) is 0 Å². The molecule has 0 aromatic heterocycles. The lowest BCUT2D eigenvalue weighted by Crippen LogP contribution is -2.43. The van der Waals surface area contributed by atoms with E-state index in [0.717, 1.165) is 24.8 Å². The first-order valence-electron chi connectivity index (χ1n) is 7.79. The van der Waals surface area contributed by atoms with E-state index in [0.29, 0.717) is 17.8 Å². The van der Waals surface area contributed by atoms with Crippen LogP contribution in [0.3, 0.4) is 0 Å². The number of rotatable bonds is 3. The highest BCUT2D eigenvalue weighted by Crippen LogP contribution is 2.47. The van der Waals surface area contributed by atoms with Crippen molar-refractivity contribution in [2.75, 3.05) is 0 Å². The van der Waals surface area contributed by atoms with Gasteiger partial charge in [-0.2, -0.15) is 0 Å². The van der Waals surface area contributed by atoms with Crippen molar-refractivity contribution in [3.63, 3.8) is 0 Å². The number of hydrogen-bond acceptors (Lipinski definition) is 1. The maximum Gasteiger partial charge on any atom is 0.0929 e. The summed E-state index contributed by atoms with van der Waals surface area (Å²) < 4.78 is 0. The molecule has 0 amide bonds. The molecular formula is C18H28O. The molecule has 1 N–H and O–H groups in total. The topological polar surface area (TPSA) is 20.2 Å². The first-order chi connectivity index (χ1) is 8.97. The number of benzene rings is 1. The van der Waals surface area contributed by atoms with E-state index in [2.05, 4.69) is 52.0 Å². The molecule has 1 saturated carbocycles. The molecule has 106 valence electrons. The van der Waals surface area contributed by atoms with Crippen molar-refractivity contribution in [3.8, 4) is 0 Å². The van der Waals surface area contributed by atoms with E-state index < -0.39 is 5.60 Å². The van der Waals surface area contributed by atoms with Crippen LogP contribution in [-0.4, -0.2) is 5.11 Å². The molecule has 1 aromatic rings. The Bertz CT molecular complexity index is 423. The second kappa shape index (κ2) is 5.66.